The highest BCUT2D eigenvalue weighted by Crippen LogP contribution is 2.48. The molecule has 0 aliphatic carbocycles. The van der Waals surface area contributed by atoms with E-state index in [9.17, 15) is 13.2 Å². The molecule has 0 aromatic heterocycles. The summed E-state index contributed by atoms with van der Waals surface area (Å²) in [5.41, 5.74) is -0.569. The standard InChI is InChI=1S/C12H10BrF3OS/c1-17-11-3-2-9(6-10(11)13)18-5-4-8(7-18)12(14,15)16/h2-7,18H,1H3. The van der Waals surface area contributed by atoms with Gasteiger partial charge in [-0.3, -0.25) is 0 Å². The van der Waals surface area contributed by atoms with Crippen molar-refractivity contribution in [3.05, 3.63) is 45.1 Å². The second-order valence-electron chi connectivity index (χ2n) is 3.62. The van der Waals surface area contributed by atoms with E-state index >= 15 is 0 Å². The molecule has 1 aromatic carbocycles. The molecule has 0 bridgehead atoms. The lowest BCUT2D eigenvalue weighted by atomic mass is 10.3. The third kappa shape index (κ3) is 2.75. The highest BCUT2D eigenvalue weighted by Gasteiger charge is 2.34. The first-order valence-electron chi connectivity index (χ1n) is 5.01. The molecule has 1 heterocycles. The second-order valence-corrected chi connectivity index (χ2v) is 6.37. The first-order chi connectivity index (χ1) is 8.41. The van der Waals surface area contributed by atoms with Gasteiger partial charge in [-0.05, 0) is 55.9 Å². The molecular formula is C12H10BrF3OS. The van der Waals surface area contributed by atoms with Gasteiger partial charge in [0.1, 0.15) is 5.75 Å². The first kappa shape index (κ1) is 13.5. The van der Waals surface area contributed by atoms with Crippen LogP contribution in [0.2, 0.25) is 0 Å². The van der Waals surface area contributed by atoms with Crippen molar-refractivity contribution < 1.29 is 17.9 Å². The highest BCUT2D eigenvalue weighted by molar-refractivity contribution is 9.10. The van der Waals surface area contributed by atoms with E-state index in [1.54, 1.807) is 30.7 Å². The summed E-state index contributed by atoms with van der Waals surface area (Å²) in [6, 6.07) is 5.33. The molecule has 98 valence electrons. The minimum atomic E-state index is -4.27. The first-order valence-corrected chi connectivity index (χ1v) is 7.28. The molecule has 2 rings (SSSR count). The quantitative estimate of drug-likeness (QED) is 0.762. The van der Waals surface area contributed by atoms with Crippen LogP contribution in [0.15, 0.2) is 50.0 Å². The summed E-state index contributed by atoms with van der Waals surface area (Å²) in [5.74, 6) is 0.664. The third-order valence-electron chi connectivity index (χ3n) is 2.45. The Morgan fingerprint density at radius 2 is 2.00 bits per heavy atom. The van der Waals surface area contributed by atoms with Crippen molar-refractivity contribution in [2.45, 2.75) is 11.1 Å². The van der Waals surface area contributed by atoms with Crippen molar-refractivity contribution in [1.29, 1.82) is 0 Å². The van der Waals surface area contributed by atoms with Crippen LogP contribution in [0, 0.1) is 0 Å². The summed E-state index contributed by atoms with van der Waals surface area (Å²) in [5, 5.41) is 2.88. The Morgan fingerprint density at radius 3 is 2.50 bits per heavy atom. The van der Waals surface area contributed by atoms with Crippen LogP contribution < -0.4 is 4.74 Å². The van der Waals surface area contributed by atoms with E-state index in [4.69, 9.17) is 4.74 Å². The maximum Gasteiger partial charge on any atom is 0.416 e. The Balaban J connectivity index is 2.28. The van der Waals surface area contributed by atoms with Gasteiger partial charge in [0.15, 0.2) is 0 Å². The molecule has 1 aliphatic rings. The predicted octanol–water partition coefficient (Wildman–Crippen LogP) is 4.79. The van der Waals surface area contributed by atoms with Gasteiger partial charge in [-0.25, -0.2) is 0 Å². The van der Waals surface area contributed by atoms with Gasteiger partial charge in [-0.1, -0.05) is 0 Å². The Hall–Kier alpha value is -0.880. The van der Waals surface area contributed by atoms with Gasteiger partial charge < -0.3 is 4.74 Å². The van der Waals surface area contributed by atoms with Gasteiger partial charge in [-0.15, -0.1) is 0 Å². The SMILES string of the molecule is COc1ccc([SH]2C=CC(C(F)(F)F)=C2)cc1Br. The summed E-state index contributed by atoms with van der Waals surface area (Å²) in [4.78, 5) is 0.855. The summed E-state index contributed by atoms with van der Waals surface area (Å²) < 4.78 is 43.4. The summed E-state index contributed by atoms with van der Waals surface area (Å²) in [7, 11) is 0.518. The lowest BCUT2D eigenvalue weighted by molar-refractivity contribution is -0.0878. The molecule has 18 heavy (non-hydrogen) atoms. The van der Waals surface area contributed by atoms with E-state index in [1.807, 2.05) is 0 Å². The maximum absolute atomic E-state index is 12.5. The fourth-order valence-electron chi connectivity index (χ4n) is 1.54. The largest absolute Gasteiger partial charge is 0.496 e. The number of rotatable bonds is 2. The zero-order valence-electron chi connectivity index (χ0n) is 9.33. The molecular weight excluding hydrogens is 329 g/mol. The predicted molar refractivity (Wildman–Crippen MR) is 71.2 cm³/mol. The van der Waals surface area contributed by atoms with Crippen LogP contribution >= 0.6 is 26.8 Å². The average molecular weight is 339 g/mol. The van der Waals surface area contributed by atoms with Crippen LogP contribution in [0.3, 0.4) is 0 Å². The number of thiol groups is 1. The second kappa shape index (κ2) is 5.01. The molecule has 0 radical (unpaired) electrons. The lowest BCUT2D eigenvalue weighted by Crippen LogP contribution is -2.08. The van der Waals surface area contributed by atoms with Gasteiger partial charge in [0.05, 0.1) is 17.2 Å². The molecule has 1 aromatic rings. The van der Waals surface area contributed by atoms with Gasteiger partial charge in [0, 0.05) is 0 Å². The Bertz CT molecular complexity index is 523. The van der Waals surface area contributed by atoms with Crippen LogP contribution in [0.25, 0.3) is 0 Å². The molecule has 0 saturated heterocycles. The number of halogens is 4. The minimum absolute atomic E-state index is 0.569. The van der Waals surface area contributed by atoms with Crippen molar-refractivity contribution in [3.8, 4) is 5.75 Å². The third-order valence-corrected chi connectivity index (χ3v) is 4.97. The molecule has 1 unspecified atom stereocenters. The van der Waals surface area contributed by atoms with Gasteiger partial charge in [0.2, 0.25) is 0 Å². The highest BCUT2D eigenvalue weighted by atomic mass is 79.9. The van der Waals surface area contributed by atoms with Crippen molar-refractivity contribution in [3.63, 3.8) is 0 Å². The normalized spacial score (nSPS) is 20.9. The number of methoxy groups -OCH3 is 1. The van der Waals surface area contributed by atoms with Crippen LogP contribution in [0.4, 0.5) is 13.2 Å². The van der Waals surface area contributed by atoms with E-state index in [2.05, 4.69) is 15.9 Å². The maximum atomic E-state index is 12.5. The molecule has 1 nitrogen and oxygen atoms in total. The zero-order valence-corrected chi connectivity index (χ0v) is 11.8. The lowest BCUT2D eigenvalue weighted by Gasteiger charge is -2.13. The van der Waals surface area contributed by atoms with Crippen molar-refractivity contribution in [1.82, 2.24) is 0 Å². The summed E-state index contributed by atoms with van der Waals surface area (Å²) in [6.07, 6.45) is -3.12. The monoisotopic (exact) mass is 338 g/mol. The molecule has 0 saturated carbocycles. The summed E-state index contributed by atoms with van der Waals surface area (Å²) in [6.45, 7) is 0. The van der Waals surface area contributed by atoms with E-state index in [1.165, 1.54) is 5.41 Å². The summed E-state index contributed by atoms with van der Waals surface area (Å²) >= 11 is 3.33. The van der Waals surface area contributed by atoms with Crippen LogP contribution in [-0.2, 0) is 0 Å². The Morgan fingerprint density at radius 1 is 1.28 bits per heavy atom. The van der Waals surface area contributed by atoms with Gasteiger partial charge in [-0.2, -0.15) is 24.1 Å². The zero-order chi connectivity index (χ0) is 13.3. The number of alkyl halides is 3. The van der Waals surface area contributed by atoms with Gasteiger partial charge >= 0.3 is 6.18 Å². The van der Waals surface area contributed by atoms with E-state index in [0.717, 1.165) is 15.4 Å². The number of hydrogen-bond donors (Lipinski definition) is 1. The fraction of sp³-hybridized carbons (Fsp3) is 0.167. The number of benzene rings is 1. The molecule has 6 heteroatoms. The van der Waals surface area contributed by atoms with E-state index < -0.39 is 22.6 Å². The Kier molecular flexibility index (Phi) is 3.77. The molecule has 1 aliphatic heterocycles. The smallest absolute Gasteiger partial charge is 0.416 e. The van der Waals surface area contributed by atoms with Crippen molar-refractivity contribution in [2.75, 3.05) is 7.11 Å². The van der Waals surface area contributed by atoms with Crippen LogP contribution in [0.5, 0.6) is 5.75 Å². The van der Waals surface area contributed by atoms with Crippen LogP contribution in [0.1, 0.15) is 0 Å². The van der Waals surface area contributed by atoms with E-state index in [-0.39, 0.29) is 0 Å². The number of allylic oxidation sites excluding steroid dienone is 2. The fourth-order valence-corrected chi connectivity index (χ4v) is 4.04. The van der Waals surface area contributed by atoms with Gasteiger partial charge in [0.25, 0.3) is 0 Å². The number of ether oxygens (including phenoxy) is 1. The number of hydrogen-bond acceptors (Lipinski definition) is 1. The molecule has 1 atom stereocenters. The average Bonchev–Trinajstić information content (AvgIpc) is 2.77. The van der Waals surface area contributed by atoms with Crippen molar-refractivity contribution in [2.24, 2.45) is 0 Å². The van der Waals surface area contributed by atoms with Crippen molar-refractivity contribution >= 4 is 26.8 Å². The molecule has 0 N–H and O–H groups in total. The molecule has 0 fully saturated rings. The topological polar surface area (TPSA) is 9.23 Å². The molecule has 0 amide bonds. The van der Waals surface area contributed by atoms with Crippen LogP contribution in [-0.4, -0.2) is 13.3 Å². The molecule has 0 spiro atoms. The minimum Gasteiger partial charge on any atom is -0.496 e. The van der Waals surface area contributed by atoms with E-state index in [0.29, 0.717) is 5.75 Å². The Labute approximate surface area is 114 Å².